The van der Waals surface area contributed by atoms with Crippen LogP contribution in [0.2, 0.25) is 0 Å². The second kappa shape index (κ2) is 6.51. The molecule has 0 spiro atoms. The van der Waals surface area contributed by atoms with Crippen LogP contribution in [0.15, 0.2) is 24.3 Å². The van der Waals surface area contributed by atoms with Crippen LogP contribution in [0.5, 0.6) is 0 Å². The quantitative estimate of drug-likeness (QED) is 0.856. The van der Waals surface area contributed by atoms with E-state index in [0.717, 1.165) is 11.3 Å². The van der Waals surface area contributed by atoms with Crippen molar-refractivity contribution in [3.63, 3.8) is 0 Å². The number of nitrogens with one attached hydrogen (secondary N) is 1. The van der Waals surface area contributed by atoms with Gasteiger partial charge in [0.15, 0.2) is 0 Å². The van der Waals surface area contributed by atoms with E-state index in [9.17, 15) is 4.79 Å². The molecule has 3 nitrogen and oxygen atoms in total. The number of para-hydroxylation sites is 1. The lowest BCUT2D eigenvalue weighted by Gasteiger charge is -2.14. The Morgan fingerprint density at radius 2 is 1.81 bits per heavy atom. The molecule has 16 heavy (non-hydrogen) atoms. The predicted molar refractivity (Wildman–Crippen MR) is 70.1 cm³/mol. The van der Waals surface area contributed by atoms with E-state index >= 15 is 0 Å². The third-order valence-electron chi connectivity index (χ3n) is 2.25. The second-order valence-electron chi connectivity index (χ2n) is 4.02. The van der Waals surface area contributed by atoms with Crippen LogP contribution < -0.4 is 11.1 Å². The van der Waals surface area contributed by atoms with Gasteiger partial charge < -0.3 is 11.1 Å². The van der Waals surface area contributed by atoms with Crippen LogP contribution in [0.1, 0.15) is 32.3 Å². The lowest BCUT2D eigenvalue weighted by atomic mass is 10.0. The van der Waals surface area contributed by atoms with Gasteiger partial charge in [-0.25, -0.2) is 0 Å². The Labute approximate surface area is 103 Å². The minimum Gasteiger partial charge on any atom is -0.324 e. The van der Waals surface area contributed by atoms with Crippen molar-refractivity contribution in [3.05, 3.63) is 29.8 Å². The normalized spacial score (nSPS) is 11.8. The smallest absolute Gasteiger partial charge is 0.241 e. The van der Waals surface area contributed by atoms with E-state index in [1.54, 1.807) is 6.92 Å². The zero-order valence-electron chi connectivity index (χ0n) is 9.86. The summed E-state index contributed by atoms with van der Waals surface area (Å²) in [6.07, 6.45) is 0. The van der Waals surface area contributed by atoms with Gasteiger partial charge in [-0.15, -0.1) is 12.4 Å². The molecule has 0 bridgehead atoms. The number of benzene rings is 1. The van der Waals surface area contributed by atoms with Crippen LogP contribution in [-0.2, 0) is 4.79 Å². The third-order valence-corrected chi connectivity index (χ3v) is 2.25. The maximum atomic E-state index is 11.5. The highest BCUT2D eigenvalue weighted by molar-refractivity contribution is 5.95. The molecule has 0 radical (unpaired) electrons. The van der Waals surface area contributed by atoms with Crippen molar-refractivity contribution in [2.24, 2.45) is 5.73 Å². The first-order valence-corrected chi connectivity index (χ1v) is 5.17. The summed E-state index contributed by atoms with van der Waals surface area (Å²) >= 11 is 0. The van der Waals surface area contributed by atoms with Gasteiger partial charge in [0.1, 0.15) is 0 Å². The highest BCUT2D eigenvalue weighted by Gasteiger charge is 2.11. The summed E-state index contributed by atoms with van der Waals surface area (Å²) in [6, 6.07) is 7.31. The van der Waals surface area contributed by atoms with Gasteiger partial charge in [0.25, 0.3) is 0 Å². The molecule has 0 saturated heterocycles. The number of carbonyl (C=O) groups is 1. The molecule has 0 aliphatic carbocycles. The fraction of sp³-hybridized carbons (Fsp3) is 0.417. The number of halogens is 1. The first-order valence-electron chi connectivity index (χ1n) is 5.17. The Hall–Kier alpha value is -1.06. The molecule has 0 aliphatic heterocycles. The van der Waals surface area contributed by atoms with Crippen molar-refractivity contribution < 1.29 is 4.79 Å². The van der Waals surface area contributed by atoms with E-state index in [1.807, 2.05) is 24.3 Å². The first-order chi connectivity index (χ1) is 7.02. The van der Waals surface area contributed by atoms with E-state index < -0.39 is 6.04 Å². The van der Waals surface area contributed by atoms with Crippen LogP contribution in [0, 0.1) is 0 Å². The molecule has 90 valence electrons. The summed E-state index contributed by atoms with van der Waals surface area (Å²) < 4.78 is 0. The topological polar surface area (TPSA) is 55.1 Å². The molecule has 0 saturated carbocycles. The zero-order chi connectivity index (χ0) is 11.4. The number of hydrogen-bond acceptors (Lipinski definition) is 2. The van der Waals surface area contributed by atoms with Crippen molar-refractivity contribution in [3.8, 4) is 0 Å². The standard InChI is InChI=1S/C12H18N2O.ClH/c1-8(2)10-6-4-5-7-11(10)14-12(15)9(3)13;/h4-9H,13H2,1-3H3,(H,14,15);1H/t9-;/m1./s1. The number of anilines is 1. The summed E-state index contributed by atoms with van der Waals surface area (Å²) in [5.74, 6) is 0.234. The fourth-order valence-corrected chi connectivity index (χ4v) is 1.36. The van der Waals surface area contributed by atoms with Crippen molar-refractivity contribution in [2.75, 3.05) is 5.32 Å². The van der Waals surface area contributed by atoms with Gasteiger partial charge in [0.2, 0.25) is 5.91 Å². The molecule has 0 heterocycles. The predicted octanol–water partition coefficient (Wildman–Crippen LogP) is 2.52. The van der Waals surface area contributed by atoms with Crippen LogP contribution in [0.3, 0.4) is 0 Å². The van der Waals surface area contributed by atoms with Crippen LogP contribution in [0.4, 0.5) is 5.69 Å². The second-order valence-corrected chi connectivity index (χ2v) is 4.02. The van der Waals surface area contributed by atoms with Gasteiger partial charge in [0.05, 0.1) is 6.04 Å². The van der Waals surface area contributed by atoms with Crippen LogP contribution in [-0.4, -0.2) is 11.9 Å². The van der Waals surface area contributed by atoms with Crippen molar-refractivity contribution in [2.45, 2.75) is 32.7 Å². The highest BCUT2D eigenvalue weighted by Crippen LogP contribution is 2.23. The molecule has 0 fully saturated rings. The van der Waals surface area contributed by atoms with Gasteiger partial charge >= 0.3 is 0 Å². The lowest BCUT2D eigenvalue weighted by Crippen LogP contribution is -2.32. The van der Waals surface area contributed by atoms with E-state index in [4.69, 9.17) is 5.73 Å². The van der Waals surface area contributed by atoms with E-state index in [2.05, 4.69) is 19.2 Å². The van der Waals surface area contributed by atoms with Gasteiger partial charge in [0, 0.05) is 5.69 Å². The zero-order valence-corrected chi connectivity index (χ0v) is 10.7. The Morgan fingerprint density at radius 1 is 1.25 bits per heavy atom. The Morgan fingerprint density at radius 3 is 2.31 bits per heavy atom. The number of amides is 1. The molecule has 0 unspecified atom stereocenters. The maximum absolute atomic E-state index is 11.5. The third kappa shape index (κ3) is 3.83. The average Bonchev–Trinajstić information content (AvgIpc) is 2.18. The van der Waals surface area contributed by atoms with Gasteiger partial charge in [-0.2, -0.15) is 0 Å². The molecule has 3 N–H and O–H groups in total. The van der Waals surface area contributed by atoms with Crippen LogP contribution in [0.25, 0.3) is 0 Å². The molecule has 1 rings (SSSR count). The summed E-state index contributed by atoms with van der Waals surface area (Å²) in [6.45, 7) is 5.86. The average molecular weight is 243 g/mol. The largest absolute Gasteiger partial charge is 0.324 e. The number of hydrogen-bond donors (Lipinski definition) is 2. The molecule has 0 aromatic heterocycles. The molecule has 4 heteroatoms. The maximum Gasteiger partial charge on any atom is 0.241 e. The Kier molecular flexibility index (Phi) is 6.08. The number of rotatable bonds is 3. The van der Waals surface area contributed by atoms with Crippen LogP contribution >= 0.6 is 12.4 Å². The number of carbonyl (C=O) groups excluding carboxylic acids is 1. The summed E-state index contributed by atoms with van der Waals surface area (Å²) in [4.78, 5) is 11.5. The highest BCUT2D eigenvalue weighted by atomic mass is 35.5. The fourth-order valence-electron chi connectivity index (χ4n) is 1.36. The van der Waals surface area contributed by atoms with Crippen molar-refractivity contribution in [1.29, 1.82) is 0 Å². The molecular formula is C12H19ClN2O. The van der Waals surface area contributed by atoms with Gasteiger partial charge in [-0.05, 0) is 24.5 Å². The first kappa shape index (κ1) is 14.9. The molecule has 1 aromatic carbocycles. The van der Waals surface area contributed by atoms with Crippen molar-refractivity contribution >= 4 is 24.0 Å². The van der Waals surface area contributed by atoms with Gasteiger partial charge in [-0.3, -0.25) is 4.79 Å². The number of nitrogens with two attached hydrogens (primary N) is 1. The summed E-state index contributed by atoms with van der Waals surface area (Å²) in [7, 11) is 0. The van der Waals surface area contributed by atoms with Gasteiger partial charge in [-0.1, -0.05) is 32.0 Å². The summed E-state index contributed by atoms with van der Waals surface area (Å²) in [5.41, 5.74) is 7.49. The monoisotopic (exact) mass is 242 g/mol. The van der Waals surface area contributed by atoms with E-state index in [1.165, 1.54) is 0 Å². The molecule has 1 amide bonds. The molecule has 0 aliphatic rings. The van der Waals surface area contributed by atoms with E-state index in [-0.39, 0.29) is 18.3 Å². The Bertz CT molecular complexity index is 351. The minimum absolute atomic E-state index is 0. The lowest BCUT2D eigenvalue weighted by molar-refractivity contribution is -0.117. The molecule has 1 aromatic rings. The minimum atomic E-state index is -0.481. The molecule has 1 atom stereocenters. The van der Waals surface area contributed by atoms with E-state index in [0.29, 0.717) is 5.92 Å². The Balaban J connectivity index is 0.00000225. The van der Waals surface area contributed by atoms with Crippen molar-refractivity contribution in [1.82, 2.24) is 0 Å². The molecular weight excluding hydrogens is 224 g/mol. The summed E-state index contributed by atoms with van der Waals surface area (Å²) in [5, 5.41) is 2.83. The SMILES string of the molecule is CC(C)c1ccccc1NC(=O)[C@@H](C)N.Cl.